The Morgan fingerprint density at radius 1 is 1.27 bits per heavy atom. The molecule has 0 aliphatic carbocycles. The van der Waals surface area contributed by atoms with Gasteiger partial charge in [0.25, 0.3) is 0 Å². The van der Waals surface area contributed by atoms with Crippen molar-refractivity contribution in [3.05, 3.63) is 66.1 Å². The predicted molar refractivity (Wildman–Crippen MR) is 108 cm³/mol. The molecular weight excluding hydrogens is 326 g/mol. The Balaban J connectivity index is 2.24. The lowest BCUT2D eigenvalue weighted by Gasteiger charge is -2.18. The second kappa shape index (κ2) is 9.70. The minimum Gasteiger partial charge on any atom is -0.403 e. The lowest BCUT2D eigenvalue weighted by Crippen LogP contribution is -2.26. The molecule has 3 N–H and O–H groups in total. The molecule has 26 heavy (non-hydrogen) atoms. The van der Waals surface area contributed by atoms with Gasteiger partial charge in [0.05, 0.1) is 17.5 Å². The van der Waals surface area contributed by atoms with E-state index in [2.05, 4.69) is 32.3 Å². The third-order valence-corrected chi connectivity index (χ3v) is 3.80. The maximum absolute atomic E-state index is 5.88. The van der Waals surface area contributed by atoms with Crippen molar-refractivity contribution in [3.63, 3.8) is 0 Å². The van der Waals surface area contributed by atoms with Crippen molar-refractivity contribution < 1.29 is 4.74 Å². The molecule has 2 aromatic rings. The highest BCUT2D eigenvalue weighted by Gasteiger charge is 2.16. The van der Waals surface area contributed by atoms with Crippen LogP contribution in [0.3, 0.4) is 0 Å². The van der Waals surface area contributed by atoms with Crippen LogP contribution in [0.1, 0.15) is 12.5 Å². The molecular formula is C20H27N5O. The second-order valence-corrected chi connectivity index (χ2v) is 6.20. The topological polar surface area (TPSA) is 75.8 Å². The molecule has 0 saturated carbocycles. The Labute approximate surface area is 155 Å². The van der Waals surface area contributed by atoms with Gasteiger partial charge in [0, 0.05) is 31.7 Å². The first-order chi connectivity index (χ1) is 12.5. The molecule has 1 aromatic heterocycles. The molecule has 0 aliphatic heterocycles. The van der Waals surface area contributed by atoms with Crippen LogP contribution in [0.15, 0.2) is 65.6 Å². The second-order valence-electron chi connectivity index (χ2n) is 6.20. The summed E-state index contributed by atoms with van der Waals surface area (Å²) in [6.45, 7) is 2.82. The fourth-order valence-electron chi connectivity index (χ4n) is 2.43. The smallest absolute Gasteiger partial charge is 0.152 e. The van der Waals surface area contributed by atoms with E-state index >= 15 is 0 Å². The summed E-state index contributed by atoms with van der Waals surface area (Å²) in [6.07, 6.45) is 2.97. The number of hydrogen-bond donors (Lipinski definition) is 2. The average molecular weight is 353 g/mol. The quantitative estimate of drug-likeness (QED) is 0.713. The predicted octanol–water partition coefficient (Wildman–Crippen LogP) is 3.16. The van der Waals surface area contributed by atoms with E-state index in [4.69, 9.17) is 10.5 Å². The number of hydrogen-bond acceptors (Lipinski definition) is 6. The van der Waals surface area contributed by atoms with Gasteiger partial charge in [-0.3, -0.25) is 0 Å². The summed E-state index contributed by atoms with van der Waals surface area (Å²) in [5, 5.41) is 3.33. The number of pyridine rings is 1. The van der Waals surface area contributed by atoms with Crippen molar-refractivity contribution in [2.45, 2.75) is 19.6 Å². The van der Waals surface area contributed by atoms with E-state index in [0.29, 0.717) is 17.2 Å². The van der Waals surface area contributed by atoms with Crippen LogP contribution in [0.5, 0.6) is 0 Å². The standard InChI is InChI=1S/C20H27N5O/c1-15(26-4)20(24-19-7-5-6-12-22-19)18(13-21)23-17-10-8-16(9-11-17)14-25(2)3/h5-13,15,23H,14,21H2,1-4H3/t15-/m0/s1. The number of nitrogens with one attached hydrogen (secondary N) is 1. The van der Waals surface area contributed by atoms with Gasteiger partial charge in [-0.15, -0.1) is 0 Å². The Kier molecular flexibility index (Phi) is 7.32. The molecule has 0 spiro atoms. The molecule has 0 unspecified atom stereocenters. The van der Waals surface area contributed by atoms with Crippen LogP contribution in [0, 0.1) is 0 Å². The highest BCUT2D eigenvalue weighted by molar-refractivity contribution is 6.06. The average Bonchev–Trinajstić information content (AvgIpc) is 2.65. The number of aromatic nitrogens is 1. The molecule has 0 radical (unpaired) electrons. The Morgan fingerprint density at radius 3 is 2.54 bits per heavy atom. The van der Waals surface area contributed by atoms with Gasteiger partial charge in [-0.1, -0.05) is 18.2 Å². The van der Waals surface area contributed by atoms with Crippen molar-refractivity contribution in [1.82, 2.24) is 9.88 Å². The van der Waals surface area contributed by atoms with E-state index in [1.165, 1.54) is 11.8 Å². The molecule has 6 heteroatoms. The van der Waals surface area contributed by atoms with Gasteiger partial charge in [-0.25, -0.2) is 9.98 Å². The first kappa shape index (κ1) is 19.6. The van der Waals surface area contributed by atoms with Crippen LogP contribution in [0.4, 0.5) is 11.5 Å². The zero-order valence-electron chi connectivity index (χ0n) is 15.8. The van der Waals surface area contributed by atoms with Crippen LogP contribution in [0.25, 0.3) is 0 Å². The SMILES string of the molecule is CO[C@@H](C)C(=Nc1ccccn1)C(=CN)Nc1ccc(CN(C)C)cc1. The van der Waals surface area contributed by atoms with Crippen LogP contribution in [-0.2, 0) is 11.3 Å². The van der Waals surface area contributed by atoms with Crippen molar-refractivity contribution in [2.24, 2.45) is 10.7 Å². The van der Waals surface area contributed by atoms with Gasteiger partial charge in [0.15, 0.2) is 5.82 Å². The number of ether oxygens (including phenoxy) is 1. The monoisotopic (exact) mass is 353 g/mol. The summed E-state index contributed by atoms with van der Waals surface area (Å²) in [5.74, 6) is 0.605. The molecule has 1 atom stereocenters. The summed E-state index contributed by atoms with van der Waals surface area (Å²) >= 11 is 0. The molecule has 0 aliphatic rings. The van der Waals surface area contributed by atoms with Crippen LogP contribution in [-0.4, -0.2) is 42.9 Å². The summed E-state index contributed by atoms with van der Waals surface area (Å²) in [7, 11) is 5.74. The van der Waals surface area contributed by atoms with Gasteiger partial charge in [-0.05, 0) is 50.8 Å². The zero-order valence-corrected chi connectivity index (χ0v) is 15.8. The third kappa shape index (κ3) is 5.68. The maximum Gasteiger partial charge on any atom is 0.152 e. The Morgan fingerprint density at radius 2 is 2.00 bits per heavy atom. The van der Waals surface area contributed by atoms with Crippen molar-refractivity contribution in [3.8, 4) is 0 Å². The first-order valence-corrected chi connectivity index (χ1v) is 8.49. The third-order valence-electron chi connectivity index (χ3n) is 3.80. The molecule has 1 heterocycles. The van der Waals surface area contributed by atoms with Gasteiger partial charge in [0.1, 0.15) is 0 Å². The van der Waals surface area contributed by atoms with E-state index in [9.17, 15) is 0 Å². The summed E-state index contributed by atoms with van der Waals surface area (Å²) in [4.78, 5) is 11.0. The first-order valence-electron chi connectivity index (χ1n) is 8.49. The van der Waals surface area contributed by atoms with Crippen LogP contribution < -0.4 is 11.1 Å². The summed E-state index contributed by atoms with van der Waals surface area (Å²) < 4.78 is 5.47. The molecule has 2 rings (SSSR count). The highest BCUT2D eigenvalue weighted by atomic mass is 16.5. The van der Waals surface area contributed by atoms with Crippen molar-refractivity contribution >= 4 is 17.2 Å². The largest absolute Gasteiger partial charge is 0.403 e. The fourth-order valence-corrected chi connectivity index (χ4v) is 2.43. The van der Waals surface area contributed by atoms with E-state index in [1.54, 1.807) is 13.3 Å². The number of anilines is 1. The lowest BCUT2D eigenvalue weighted by molar-refractivity contribution is 0.171. The van der Waals surface area contributed by atoms with Gasteiger partial charge >= 0.3 is 0 Å². The molecule has 0 amide bonds. The van der Waals surface area contributed by atoms with E-state index in [1.807, 2.05) is 51.4 Å². The van der Waals surface area contributed by atoms with Gasteiger partial charge in [-0.2, -0.15) is 0 Å². The Bertz CT molecular complexity index is 739. The van der Waals surface area contributed by atoms with E-state index < -0.39 is 0 Å². The van der Waals surface area contributed by atoms with Gasteiger partial charge < -0.3 is 20.7 Å². The molecule has 138 valence electrons. The Hall–Kier alpha value is -2.70. The number of nitrogens with two attached hydrogens (primary N) is 1. The minimum absolute atomic E-state index is 0.243. The zero-order chi connectivity index (χ0) is 18.9. The van der Waals surface area contributed by atoms with Crippen molar-refractivity contribution in [1.29, 1.82) is 0 Å². The molecule has 1 aromatic carbocycles. The fraction of sp³-hybridized carbons (Fsp3) is 0.300. The van der Waals surface area contributed by atoms with Gasteiger partial charge in [0.2, 0.25) is 0 Å². The van der Waals surface area contributed by atoms with E-state index in [-0.39, 0.29) is 6.10 Å². The molecule has 6 nitrogen and oxygen atoms in total. The van der Waals surface area contributed by atoms with Crippen molar-refractivity contribution in [2.75, 3.05) is 26.5 Å². The number of aliphatic imine (C=N–C) groups is 1. The molecule has 0 saturated heterocycles. The molecule has 0 bridgehead atoms. The van der Waals surface area contributed by atoms with E-state index in [0.717, 1.165) is 12.2 Å². The number of nitrogens with zero attached hydrogens (tertiary/aromatic N) is 3. The molecule has 0 fully saturated rings. The normalized spacial score (nSPS) is 13.7. The van der Waals surface area contributed by atoms with Crippen LogP contribution in [0.2, 0.25) is 0 Å². The number of rotatable bonds is 8. The lowest BCUT2D eigenvalue weighted by atomic mass is 10.1. The summed E-state index contributed by atoms with van der Waals surface area (Å²) in [6, 6.07) is 13.8. The highest BCUT2D eigenvalue weighted by Crippen LogP contribution is 2.17. The maximum atomic E-state index is 5.88. The minimum atomic E-state index is -0.243. The summed E-state index contributed by atoms with van der Waals surface area (Å²) in [5.41, 5.74) is 9.42. The van der Waals surface area contributed by atoms with Crippen LogP contribution >= 0.6 is 0 Å². The number of benzene rings is 1. The number of methoxy groups -OCH3 is 1.